The molecule has 0 saturated heterocycles. The first-order chi connectivity index (χ1) is 13.4. The maximum absolute atomic E-state index is 12.6. The van der Waals surface area contributed by atoms with Gasteiger partial charge in [0.2, 0.25) is 0 Å². The monoisotopic (exact) mass is 386 g/mol. The number of carbonyl (C=O) groups is 2. The molecule has 1 aromatic heterocycles. The lowest BCUT2D eigenvalue weighted by molar-refractivity contribution is 0.0947. The third-order valence-corrected chi connectivity index (χ3v) is 3.94. The van der Waals surface area contributed by atoms with Crippen molar-refractivity contribution in [1.29, 1.82) is 0 Å². The van der Waals surface area contributed by atoms with Crippen LogP contribution in [0, 0.1) is 0 Å². The lowest BCUT2D eigenvalue weighted by Gasteiger charge is -2.12. The largest absolute Gasteiger partial charge is 0.497 e. The van der Waals surface area contributed by atoms with Crippen LogP contribution < -0.4 is 20.1 Å². The lowest BCUT2D eigenvalue weighted by atomic mass is 10.2. The van der Waals surface area contributed by atoms with Gasteiger partial charge in [-0.1, -0.05) is 6.07 Å². The van der Waals surface area contributed by atoms with Crippen LogP contribution in [0.25, 0.3) is 0 Å². The Morgan fingerprint density at radius 1 is 1.04 bits per heavy atom. The van der Waals surface area contributed by atoms with E-state index in [2.05, 4.69) is 15.6 Å². The van der Waals surface area contributed by atoms with Gasteiger partial charge < -0.3 is 25.0 Å². The molecule has 1 aromatic carbocycles. The summed E-state index contributed by atoms with van der Waals surface area (Å²) in [4.78, 5) is 31.1. The average molecular weight is 386 g/mol. The van der Waals surface area contributed by atoms with Crippen molar-refractivity contribution < 1.29 is 19.1 Å². The number of pyridine rings is 1. The van der Waals surface area contributed by atoms with Crippen LogP contribution in [0.2, 0.25) is 0 Å². The Hall–Kier alpha value is -3.13. The summed E-state index contributed by atoms with van der Waals surface area (Å²) in [5.74, 6) is 0.306. The Labute approximate surface area is 164 Å². The topological polar surface area (TPSA) is 92.8 Å². The Balaban J connectivity index is 2.07. The van der Waals surface area contributed by atoms with E-state index in [9.17, 15) is 9.59 Å². The summed E-state index contributed by atoms with van der Waals surface area (Å²) in [6.07, 6.45) is 0.828. The van der Waals surface area contributed by atoms with E-state index in [1.54, 1.807) is 36.4 Å². The van der Waals surface area contributed by atoms with Crippen molar-refractivity contribution in [2.45, 2.75) is 6.42 Å². The third kappa shape index (κ3) is 5.95. The number of ether oxygens (including phenoxy) is 2. The Morgan fingerprint density at radius 2 is 1.75 bits per heavy atom. The number of nitrogens with zero attached hydrogens (tertiary/aromatic N) is 2. The fourth-order valence-corrected chi connectivity index (χ4v) is 2.47. The number of nitrogens with one attached hydrogen (secondary N) is 2. The molecule has 2 aromatic rings. The number of methoxy groups -OCH3 is 2. The first kappa shape index (κ1) is 21.2. The highest BCUT2D eigenvalue weighted by Gasteiger charge is 2.15. The van der Waals surface area contributed by atoms with Gasteiger partial charge in [0.25, 0.3) is 11.8 Å². The van der Waals surface area contributed by atoms with Gasteiger partial charge in [0.15, 0.2) is 0 Å². The molecule has 8 nitrogen and oxygen atoms in total. The number of carbonyl (C=O) groups excluding carboxylic acids is 2. The minimum absolute atomic E-state index is 0.130. The van der Waals surface area contributed by atoms with E-state index in [0.29, 0.717) is 23.7 Å². The Kier molecular flexibility index (Phi) is 7.76. The predicted octanol–water partition coefficient (Wildman–Crippen LogP) is 2.03. The lowest BCUT2D eigenvalue weighted by Crippen LogP contribution is -2.28. The summed E-state index contributed by atoms with van der Waals surface area (Å²) in [5.41, 5.74) is 0.771. The minimum atomic E-state index is -0.450. The molecule has 0 bridgehead atoms. The predicted molar refractivity (Wildman–Crippen MR) is 107 cm³/mol. The zero-order valence-electron chi connectivity index (χ0n) is 16.6. The van der Waals surface area contributed by atoms with E-state index < -0.39 is 5.91 Å². The van der Waals surface area contributed by atoms with Crippen molar-refractivity contribution in [3.8, 4) is 11.5 Å². The maximum Gasteiger partial charge on any atom is 0.274 e. The molecule has 0 radical (unpaired) electrons. The summed E-state index contributed by atoms with van der Waals surface area (Å²) >= 11 is 0. The molecular formula is C20H26N4O4. The molecule has 0 fully saturated rings. The van der Waals surface area contributed by atoms with Gasteiger partial charge in [-0.3, -0.25) is 9.59 Å². The number of amides is 2. The molecule has 2 amide bonds. The zero-order valence-corrected chi connectivity index (χ0v) is 16.6. The van der Waals surface area contributed by atoms with Crippen molar-refractivity contribution >= 4 is 17.5 Å². The molecule has 8 heteroatoms. The highest BCUT2D eigenvalue weighted by molar-refractivity contribution is 6.04. The molecule has 0 spiro atoms. The van der Waals surface area contributed by atoms with Crippen LogP contribution >= 0.6 is 0 Å². The summed E-state index contributed by atoms with van der Waals surface area (Å²) in [6, 6.07) is 9.82. The Bertz CT molecular complexity index is 824. The second-order valence-electron chi connectivity index (χ2n) is 6.34. The Morgan fingerprint density at radius 3 is 2.39 bits per heavy atom. The molecule has 0 saturated carbocycles. The number of benzene rings is 1. The maximum atomic E-state index is 12.6. The van der Waals surface area contributed by atoms with Gasteiger partial charge in [-0.2, -0.15) is 0 Å². The summed E-state index contributed by atoms with van der Waals surface area (Å²) in [6.45, 7) is 1.41. The van der Waals surface area contributed by atoms with Gasteiger partial charge in [0.05, 0.1) is 19.9 Å². The van der Waals surface area contributed by atoms with E-state index in [-0.39, 0.29) is 17.3 Å². The van der Waals surface area contributed by atoms with Crippen molar-refractivity contribution in [2.75, 3.05) is 46.7 Å². The first-order valence-corrected chi connectivity index (χ1v) is 8.88. The fraction of sp³-hybridized carbons (Fsp3) is 0.350. The summed E-state index contributed by atoms with van der Waals surface area (Å²) in [7, 11) is 7.00. The summed E-state index contributed by atoms with van der Waals surface area (Å²) < 4.78 is 10.4. The summed E-state index contributed by atoms with van der Waals surface area (Å²) in [5, 5.41) is 5.55. The zero-order chi connectivity index (χ0) is 20.5. The minimum Gasteiger partial charge on any atom is -0.497 e. The molecule has 2 rings (SSSR count). The van der Waals surface area contributed by atoms with Gasteiger partial charge in [0, 0.05) is 12.6 Å². The molecule has 0 atom stereocenters. The van der Waals surface area contributed by atoms with Gasteiger partial charge in [0.1, 0.15) is 22.9 Å². The second kappa shape index (κ2) is 10.3. The number of anilines is 1. The number of hydrogen-bond acceptors (Lipinski definition) is 6. The molecule has 2 N–H and O–H groups in total. The van der Waals surface area contributed by atoms with Crippen molar-refractivity contribution in [3.05, 3.63) is 47.8 Å². The van der Waals surface area contributed by atoms with E-state index in [1.165, 1.54) is 14.2 Å². The third-order valence-electron chi connectivity index (χ3n) is 3.94. The number of hydrogen-bond donors (Lipinski definition) is 2. The van der Waals surface area contributed by atoms with Crippen LogP contribution in [0.15, 0.2) is 36.4 Å². The van der Waals surface area contributed by atoms with E-state index in [4.69, 9.17) is 9.47 Å². The average Bonchev–Trinajstić information content (AvgIpc) is 2.70. The molecular weight excluding hydrogens is 360 g/mol. The molecule has 0 aliphatic heterocycles. The molecule has 150 valence electrons. The SMILES string of the molecule is COc1ccc(OC)c(NC(=O)c2cccc(C(=O)NCCCN(C)C)n2)c1. The molecule has 1 heterocycles. The fourth-order valence-electron chi connectivity index (χ4n) is 2.47. The van der Waals surface area contributed by atoms with Crippen molar-refractivity contribution in [3.63, 3.8) is 0 Å². The smallest absolute Gasteiger partial charge is 0.274 e. The van der Waals surface area contributed by atoms with E-state index in [0.717, 1.165) is 13.0 Å². The normalized spacial score (nSPS) is 10.5. The van der Waals surface area contributed by atoms with Crippen molar-refractivity contribution in [2.24, 2.45) is 0 Å². The molecule has 0 unspecified atom stereocenters. The van der Waals surface area contributed by atoms with Crippen LogP contribution in [0.3, 0.4) is 0 Å². The number of rotatable bonds is 9. The quantitative estimate of drug-likeness (QED) is 0.641. The van der Waals surface area contributed by atoms with E-state index in [1.807, 2.05) is 19.0 Å². The highest BCUT2D eigenvalue weighted by atomic mass is 16.5. The molecule has 0 aliphatic rings. The van der Waals surface area contributed by atoms with Gasteiger partial charge in [-0.05, 0) is 51.3 Å². The van der Waals surface area contributed by atoms with Crippen LogP contribution in [0.5, 0.6) is 11.5 Å². The number of aromatic nitrogens is 1. The van der Waals surface area contributed by atoms with Crippen LogP contribution in [-0.4, -0.2) is 63.1 Å². The molecule has 28 heavy (non-hydrogen) atoms. The van der Waals surface area contributed by atoms with Crippen LogP contribution in [0.4, 0.5) is 5.69 Å². The van der Waals surface area contributed by atoms with Gasteiger partial charge in [-0.25, -0.2) is 4.98 Å². The standard InChI is InChI=1S/C20H26N4O4/c1-24(2)12-6-11-21-19(25)15-7-5-8-16(22-15)20(26)23-17-13-14(27-3)9-10-18(17)28-4/h5,7-10,13H,6,11-12H2,1-4H3,(H,21,25)(H,23,26). The van der Waals surface area contributed by atoms with Crippen LogP contribution in [0.1, 0.15) is 27.4 Å². The van der Waals surface area contributed by atoms with Gasteiger partial charge in [-0.15, -0.1) is 0 Å². The van der Waals surface area contributed by atoms with E-state index >= 15 is 0 Å². The van der Waals surface area contributed by atoms with Crippen molar-refractivity contribution in [1.82, 2.24) is 15.2 Å². The van der Waals surface area contributed by atoms with Gasteiger partial charge >= 0.3 is 0 Å². The highest BCUT2D eigenvalue weighted by Crippen LogP contribution is 2.29. The second-order valence-corrected chi connectivity index (χ2v) is 6.34. The first-order valence-electron chi connectivity index (χ1n) is 8.88. The molecule has 0 aliphatic carbocycles. The van der Waals surface area contributed by atoms with Crippen LogP contribution in [-0.2, 0) is 0 Å².